The van der Waals surface area contributed by atoms with Gasteiger partial charge in [-0.1, -0.05) is 45.0 Å². The smallest absolute Gasteiger partial charge is 0.272 e. The fourth-order valence-corrected chi connectivity index (χ4v) is 8.11. The Morgan fingerprint density at radius 3 is 2.45 bits per heavy atom. The van der Waals surface area contributed by atoms with Gasteiger partial charge in [-0.3, -0.25) is 14.4 Å². The average Bonchev–Trinajstić information content (AvgIpc) is 3.47. The van der Waals surface area contributed by atoms with Crippen LogP contribution in [0.15, 0.2) is 83.4 Å². The van der Waals surface area contributed by atoms with E-state index in [2.05, 4.69) is 42.8 Å². The standard InChI is InChI=1S/C40H42N4O5S2/c1-24(36(45)44-39-32(23-41)31-17-15-27(40(2,3)4)21-35(31)51-39)50-30-14-10-13-28(22-30)42-38(47)33(43-37(46)25-11-8-7-9-12-25)20-26-19-29(48-5)16-18-34(26)49-6/h7-14,16,18-20,22,24,27H,15,17,21H2,1-6H3,(H,42,47)(H,43,46)(H,44,45)/b33-20+. The summed E-state index contributed by atoms with van der Waals surface area (Å²) in [7, 11) is 3.06. The lowest BCUT2D eigenvalue weighted by atomic mass is 9.72. The summed E-state index contributed by atoms with van der Waals surface area (Å²) < 4.78 is 10.9. The van der Waals surface area contributed by atoms with Crippen molar-refractivity contribution >= 4 is 57.6 Å². The van der Waals surface area contributed by atoms with Crippen LogP contribution in [-0.2, 0) is 22.4 Å². The van der Waals surface area contributed by atoms with Gasteiger partial charge in [0.05, 0.1) is 25.0 Å². The molecule has 2 atom stereocenters. The van der Waals surface area contributed by atoms with Crippen molar-refractivity contribution in [1.82, 2.24) is 5.32 Å². The van der Waals surface area contributed by atoms with Crippen molar-refractivity contribution in [2.45, 2.75) is 57.1 Å². The molecule has 1 heterocycles. The second-order valence-electron chi connectivity index (χ2n) is 13.3. The van der Waals surface area contributed by atoms with Crippen molar-refractivity contribution in [3.05, 3.63) is 106 Å². The maximum absolute atomic E-state index is 13.7. The van der Waals surface area contributed by atoms with Crippen LogP contribution in [0.25, 0.3) is 6.08 Å². The molecule has 0 saturated heterocycles. The van der Waals surface area contributed by atoms with Gasteiger partial charge in [0.15, 0.2) is 0 Å². The summed E-state index contributed by atoms with van der Waals surface area (Å²) in [4.78, 5) is 42.2. The van der Waals surface area contributed by atoms with Crippen LogP contribution >= 0.6 is 23.1 Å². The Kier molecular flexibility index (Phi) is 11.9. The molecule has 0 saturated carbocycles. The average molecular weight is 723 g/mol. The first-order chi connectivity index (χ1) is 24.4. The molecule has 51 heavy (non-hydrogen) atoms. The van der Waals surface area contributed by atoms with Crippen molar-refractivity contribution in [2.24, 2.45) is 11.3 Å². The normalized spacial score (nSPS) is 14.8. The summed E-state index contributed by atoms with van der Waals surface area (Å²) in [6.45, 7) is 8.57. The number of amides is 3. The fourth-order valence-electron chi connectivity index (χ4n) is 5.90. The summed E-state index contributed by atoms with van der Waals surface area (Å²) in [6.07, 6.45) is 4.32. The molecule has 0 fully saturated rings. The van der Waals surface area contributed by atoms with Crippen LogP contribution in [0.4, 0.5) is 10.7 Å². The predicted octanol–water partition coefficient (Wildman–Crippen LogP) is 8.32. The summed E-state index contributed by atoms with van der Waals surface area (Å²) in [5.41, 5.74) is 3.20. The third-order valence-corrected chi connectivity index (χ3v) is 11.1. The zero-order chi connectivity index (χ0) is 36.7. The Balaban J connectivity index is 1.31. The molecular formula is C40H42N4O5S2. The quantitative estimate of drug-likeness (QED) is 0.105. The molecule has 11 heteroatoms. The number of thioether (sulfide) groups is 1. The van der Waals surface area contributed by atoms with Crippen LogP contribution in [0.5, 0.6) is 11.5 Å². The van der Waals surface area contributed by atoms with Crippen LogP contribution in [0.3, 0.4) is 0 Å². The van der Waals surface area contributed by atoms with Crippen LogP contribution in [0, 0.1) is 22.7 Å². The van der Waals surface area contributed by atoms with Crippen molar-refractivity contribution in [3.63, 3.8) is 0 Å². The lowest BCUT2D eigenvalue weighted by Gasteiger charge is -2.33. The highest BCUT2D eigenvalue weighted by Gasteiger charge is 2.32. The van der Waals surface area contributed by atoms with E-state index in [9.17, 15) is 19.6 Å². The van der Waals surface area contributed by atoms with Crippen LogP contribution < -0.4 is 25.4 Å². The molecule has 3 amide bonds. The van der Waals surface area contributed by atoms with Crippen molar-refractivity contribution < 1.29 is 23.9 Å². The Hall–Kier alpha value is -5.05. The van der Waals surface area contributed by atoms with Crippen LogP contribution in [-0.4, -0.2) is 37.2 Å². The monoisotopic (exact) mass is 722 g/mol. The van der Waals surface area contributed by atoms with Gasteiger partial charge in [-0.25, -0.2) is 0 Å². The minimum Gasteiger partial charge on any atom is -0.497 e. The summed E-state index contributed by atoms with van der Waals surface area (Å²) in [5.74, 6) is 0.338. The zero-order valence-corrected chi connectivity index (χ0v) is 31.2. The Morgan fingerprint density at radius 1 is 1.00 bits per heavy atom. The van der Waals surface area contributed by atoms with Gasteiger partial charge in [0.2, 0.25) is 5.91 Å². The molecule has 0 spiro atoms. The number of nitriles is 1. The number of fused-ring (bicyclic) bond motifs is 1. The maximum Gasteiger partial charge on any atom is 0.272 e. The second-order valence-corrected chi connectivity index (χ2v) is 15.9. The lowest BCUT2D eigenvalue weighted by molar-refractivity contribution is -0.115. The number of carbonyl (C=O) groups excluding carboxylic acids is 3. The van der Waals surface area contributed by atoms with Gasteiger partial charge < -0.3 is 25.4 Å². The Labute approximate surface area is 307 Å². The number of benzene rings is 3. The second kappa shape index (κ2) is 16.3. The van der Waals surface area contributed by atoms with E-state index < -0.39 is 17.1 Å². The molecule has 3 N–H and O–H groups in total. The number of nitrogens with zero attached hydrogens (tertiary/aromatic N) is 1. The molecule has 264 valence electrons. The van der Waals surface area contributed by atoms with E-state index in [-0.39, 0.29) is 17.0 Å². The van der Waals surface area contributed by atoms with Gasteiger partial charge >= 0.3 is 0 Å². The highest BCUT2D eigenvalue weighted by atomic mass is 32.2. The van der Waals surface area contributed by atoms with Crippen LogP contribution in [0.1, 0.15) is 66.0 Å². The van der Waals surface area contributed by atoms with Crippen molar-refractivity contribution in [3.8, 4) is 17.6 Å². The Bertz CT molecular complexity index is 1990. The number of hydrogen-bond donors (Lipinski definition) is 3. The number of methoxy groups -OCH3 is 2. The molecular weight excluding hydrogens is 681 g/mol. The SMILES string of the molecule is COc1ccc(OC)c(/C=C(/NC(=O)c2ccccc2)C(=O)Nc2cccc(SC(C)C(=O)Nc3sc4c(c3C#N)CCC(C(C)(C)C)C4)c2)c1. The summed E-state index contributed by atoms with van der Waals surface area (Å²) >= 11 is 2.85. The van der Waals surface area contributed by atoms with E-state index in [1.54, 1.807) is 66.7 Å². The summed E-state index contributed by atoms with van der Waals surface area (Å²) in [5, 5.41) is 18.8. The number of rotatable bonds is 11. The lowest BCUT2D eigenvalue weighted by Crippen LogP contribution is -2.30. The molecule has 0 bridgehead atoms. The van der Waals surface area contributed by atoms with Crippen molar-refractivity contribution in [1.29, 1.82) is 5.26 Å². The van der Waals surface area contributed by atoms with Gasteiger partial charge in [0.1, 0.15) is 28.3 Å². The number of hydrogen-bond acceptors (Lipinski definition) is 8. The molecule has 3 aromatic carbocycles. The van der Waals surface area contributed by atoms with Gasteiger partial charge in [-0.15, -0.1) is 23.1 Å². The zero-order valence-electron chi connectivity index (χ0n) is 29.6. The largest absolute Gasteiger partial charge is 0.497 e. The fraction of sp³-hybridized carbons (Fsp3) is 0.300. The first-order valence-electron chi connectivity index (χ1n) is 16.6. The van der Waals surface area contributed by atoms with E-state index in [0.717, 1.165) is 29.7 Å². The van der Waals surface area contributed by atoms with E-state index in [1.807, 2.05) is 13.0 Å². The molecule has 4 aromatic rings. The number of anilines is 2. The van der Waals surface area contributed by atoms with E-state index >= 15 is 0 Å². The van der Waals surface area contributed by atoms with Gasteiger partial charge in [-0.2, -0.15) is 5.26 Å². The number of carbonyl (C=O) groups is 3. The third kappa shape index (κ3) is 9.20. The number of nitrogens with one attached hydrogen (secondary N) is 3. The van der Waals surface area contributed by atoms with E-state index in [1.165, 1.54) is 48.3 Å². The topological polar surface area (TPSA) is 130 Å². The minimum absolute atomic E-state index is 0.0121. The first kappa shape index (κ1) is 37.2. The molecule has 1 aliphatic rings. The predicted molar refractivity (Wildman–Crippen MR) is 204 cm³/mol. The third-order valence-electron chi connectivity index (χ3n) is 8.88. The first-order valence-corrected chi connectivity index (χ1v) is 18.3. The highest BCUT2D eigenvalue weighted by Crippen LogP contribution is 2.44. The molecule has 5 rings (SSSR count). The van der Waals surface area contributed by atoms with E-state index in [4.69, 9.17) is 9.47 Å². The van der Waals surface area contributed by atoms with Gasteiger partial charge in [0, 0.05) is 26.6 Å². The highest BCUT2D eigenvalue weighted by molar-refractivity contribution is 8.00. The molecule has 0 radical (unpaired) electrons. The van der Waals surface area contributed by atoms with Crippen LogP contribution in [0.2, 0.25) is 0 Å². The van der Waals surface area contributed by atoms with Gasteiger partial charge in [-0.05, 0) is 97.7 Å². The molecule has 1 aliphatic carbocycles. The Morgan fingerprint density at radius 2 is 1.76 bits per heavy atom. The summed E-state index contributed by atoms with van der Waals surface area (Å²) in [6, 6.07) is 23.2. The van der Waals surface area contributed by atoms with Gasteiger partial charge in [0.25, 0.3) is 11.8 Å². The number of ether oxygens (including phenoxy) is 2. The minimum atomic E-state index is -0.559. The molecule has 0 aliphatic heterocycles. The molecule has 9 nitrogen and oxygen atoms in total. The van der Waals surface area contributed by atoms with Crippen molar-refractivity contribution in [2.75, 3.05) is 24.9 Å². The van der Waals surface area contributed by atoms with E-state index in [0.29, 0.717) is 44.8 Å². The maximum atomic E-state index is 13.7. The molecule has 1 aromatic heterocycles. The number of thiophene rings is 1. The molecule has 2 unspecified atom stereocenters.